The molecule has 5 nitrogen and oxygen atoms in total. The molecule has 3 aromatic carbocycles. The Morgan fingerprint density at radius 3 is 2.03 bits per heavy atom. The second-order valence-corrected chi connectivity index (χ2v) is 9.55. The normalized spacial score (nSPS) is 10.6. The van der Waals surface area contributed by atoms with Crippen LogP contribution in [0.1, 0.15) is 16.7 Å². The van der Waals surface area contributed by atoms with Crippen molar-refractivity contribution >= 4 is 35.0 Å². The van der Waals surface area contributed by atoms with Crippen LogP contribution in [0.3, 0.4) is 0 Å². The number of hydrogen-bond acceptors (Lipinski definition) is 6. The molecule has 0 amide bonds. The van der Waals surface area contributed by atoms with Gasteiger partial charge in [-0.1, -0.05) is 59.9 Å². The molecule has 0 saturated heterocycles. The third kappa shape index (κ3) is 5.14. The number of nitrogens with one attached hydrogen (secondary N) is 1. The molecule has 0 aliphatic heterocycles. The summed E-state index contributed by atoms with van der Waals surface area (Å²) in [7, 11) is 1.77. The van der Waals surface area contributed by atoms with Crippen LogP contribution < -0.4 is 10.9 Å². The Morgan fingerprint density at radius 2 is 1.45 bits per heavy atom. The molecule has 1 aromatic heterocycles. The van der Waals surface area contributed by atoms with Crippen molar-refractivity contribution in [2.24, 2.45) is 7.05 Å². The molecule has 0 aliphatic carbocycles. The monoisotopic (exact) mass is 470 g/mol. The zero-order valence-corrected chi connectivity index (χ0v) is 20.1. The molecule has 4 aromatic rings. The molecule has 0 spiro atoms. The molecular formula is C26H22N4OS2. The summed E-state index contributed by atoms with van der Waals surface area (Å²) in [5, 5.41) is 13.7. The number of aromatic nitrogens is 2. The Balaban J connectivity index is 1.80. The van der Waals surface area contributed by atoms with Crippen LogP contribution >= 0.6 is 23.5 Å². The van der Waals surface area contributed by atoms with E-state index >= 15 is 0 Å². The maximum absolute atomic E-state index is 13.2. The molecule has 164 valence electrons. The standard InChI is InChI=1S/C26H22N4OS2/c1-17-8-4-6-10-21(17)32-24-26(33-22-11-7-5-9-18(22)2)30(3)25(31)23(29-24)28-20-14-12-19(16-27)13-15-20/h4-15H,1-3H3,(H,28,29). The Hall–Kier alpha value is -3.47. The third-order valence-electron chi connectivity index (χ3n) is 5.09. The van der Waals surface area contributed by atoms with Crippen LogP contribution in [0.5, 0.6) is 0 Å². The lowest BCUT2D eigenvalue weighted by Gasteiger charge is -2.16. The van der Waals surface area contributed by atoms with Crippen LogP contribution in [0.4, 0.5) is 11.5 Å². The molecule has 33 heavy (non-hydrogen) atoms. The van der Waals surface area contributed by atoms with Gasteiger partial charge in [0.1, 0.15) is 10.1 Å². The average Bonchev–Trinajstić information content (AvgIpc) is 2.83. The minimum atomic E-state index is -0.218. The van der Waals surface area contributed by atoms with Gasteiger partial charge in [0.15, 0.2) is 5.82 Å². The molecule has 0 saturated carbocycles. The first-order valence-corrected chi connectivity index (χ1v) is 11.9. The minimum Gasteiger partial charge on any atom is -0.336 e. The van der Waals surface area contributed by atoms with Gasteiger partial charge in [-0.2, -0.15) is 5.26 Å². The molecule has 0 unspecified atom stereocenters. The van der Waals surface area contributed by atoms with E-state index in [9.17, 15) is 4.79 Å². The summed E-state index contributed by atoms with van der Waals surface area (Å²) < 4.78 is 1.65. The van der Waals surface area contributed by atoms with E-state index in [-0.39, 0.29) is 11.4 Å². The molecule has 0 bridgehead atoms. The molecule has 4 rings (SSSR count). The van der Waals surface area contributed by atoms with E-state index in [4.69, 9.17) is 10.2 Å². The van der Waals surface area contributed by atoms with Gasteiger partial charge in [0.2, 0.25) is 0 Å². The zero-order valence-electron chi connectivity index (χ0n) is 18.5. The van der Waals surface area contributed by atoms with Crippen LogP contribution in [0.2, 0.25) is 0 Å². The summed E-state index contributed by atoms with van der Waals surface area (Å²) in [4.78, 5) is 20.2. The maximum atomic E-state index is 13.2. The van der Waals surface area contributed by atoms with E-state index in [0.717, 1.165) is 31.0 Å². The SMILES string of the molecule is Cc1ccccc1Sc1nc(Nc2ccc(C#N)cc2)c(=O)n(C)c1Sc1ccccc1C. The summed E-state index contributed by atoms with van der Waals surface area (Å²) in [5.74, 6) is 0.243. The zero-order chi connectivity index (χ0) is 23.4. The molecule has 1 heterocycles. The highest BCUT2D eigenvalue weighted by atomic mass is 32.2. The predicted octanol–water partition coefficient (Wildman–Crippen LogP) is 6.31. The van der Waals surface area contributed by atoms with Crippen LogP contribution in [0.15, 0.2) is 97.4 Å². The Kier molecular flexibility index (Phi) is 6.87. The van der Waals surface area contributed by atoms with Crippen molar-refractivity contribution in [2.75, 3.05) is 5.32 Å². The quantitative estimate of drug-likeness (QED) is 0.356. The second kappa shape index (κ2) is 9.99. The smallest absolute Gasteiger partial charge is 0.294 e. The minimum absolute atomic E-state index is 0.218. The van der Waals surface area contributed by atoms with Gasteiger partial charge in [-0.15, -0.1) is 0 Å². The van der Waals surface area contributed by atoms with E-state index in [2.05, 4.69) is 49.5 Å². The molecule has 1 N–H and O–H groups in total. The molecule has 7 heteroatoms. The number of nitrogens with zero attached hydrogens (tertiary/aromatic N) is 3. The molecule has 0 radical (unpaired) electrons. The highest BCUT2D eigenvalue weighted by Crippen LogP contribution is 2.39. The lowest BCUT2D eigenvalue weighted by Crippen LogP contribution is -2.23. The van der Waals surface area contributed by atoms with Crippen molar-refractivity contribution in [3.63, 3.8) is 0 Å². The van der Waals surface area contributed by atoms with Crippen LogP contribution in [-0.4, -0.2) is 9.55 Å². The van der Waals surface area contributed by atoms with E-state index in [1.807, 2.05) is 24.3 Å². The van der Waals surface area contributed by atoms with Crippen LogP contribution in [-0.2, 0) is 7.05 Å². The number of rotatable bonds is 6. The fourth-order valence-corrected chi connectivity index (χ4v) is 5.30. The van der Waals surface area contributed by atoms with Crippen molar-refractivity contribution in [3.05, 3.63) is 99.8 Å². The predicted molar refractivity (Wildman–Crippen MR) is 135 cm³/mol. The van der Waals surface area contributed by atoms with E-state index in [1.54, 1.807) is 59.4 Å². The first-order valence-electron chi connectivity index (χ1n) is 10.3. The Bertz CT molecular complexity index is 1410. The number of anilines is 2. The number of nitriles is 1. The summed E-state index contributed by atoms with van der Waals surface area (Å²) in [6, 6.07) is 25.3. The van der Waals surface area contributed by atoms with Crippen molar-refractivity contribution < 1.29 is 0 Å². The summed E-state index contributed by atoms with van der Waals surface area (Å²) in [6.45, 7) is 4.12. The van der Waals surface area contributed by atoms with Crippen molar-refractivity contribution in [2.45, 2.75) is 33.7 Å². The highest BCUT2D eigenvalue weighted by molar-refractivity contribution is 8.02. The first kappa shape index (κ1) is 22.7. The molecule has 0 atom stereocenters. The van der Waals surface area contributed by atoms with Crippen molar-refractivity contribution in [1.29, 1.82) is 5.26 Å². The van der Waals surface area contributed by atoms with Gasteiger partial charge in [0.05, 0.1) is 11.6 Å². The lowest BCUT2D eigenvalue weighted by atomic mass is 10.2. The van der Waals surface area contributed by atoms with Gasteiger partial charge in [0.25, 0.3) is 5.56 Å². The van der Waals surface area contributed by atoms with Crippen LogP contribution in [0, 0.1) is 25.2 Å². The topological polar surface area (TPSA) is 70.7 Å². The van der Waals surface area contributed by atoms with Gasteiger partial charge in [0, 0.05) is 22.5 Å². The fourth-order valence-electron chi connectivity index (χ4n) is 3.17. The number of benzene rings is 3. The summed E-state index contributed by atoms with van der Waals surface area (Å²) >= 11 is 3.09. The fraction of sp³-hybridized carbons (Fsp3) is 0.115. The first-order chi connectivity index (χ1) is 16.0. The van der Waals surface area contributed by atoms with Gasteiger partial charge in [-0.25, -0.2) is 4.98 Å². The highest BCUT2D eigenvalue weighted by Gasteiger charge is 2.18. The molecular weight excluding hydrogens is 448 g/mol. The summed E-state index contributed by atoms with van der Waals surface area (Å²) in [6.07, 6.45) is 0. The van der Waals surface area contributed by atoms with E-state index in [0.29, 0.717) is 11.3 Å². The van der Waals surface area contributed by atoms with Gasteiger partial charge >= 0.3 is 0 Å². The van der Waals surface area contributed by atoms with Crippen molar-refractivity contribution in [3.8, 4) is 6.07 Å². The second-order valence-electron chi connectivity index (χ2n) is 7.48. The lowest BCUT2D eigenvalue weighted by molar-refractivity contribution is 0.702. The number of hydrogen-bond donors (Lipinski definition) is 1. The maximum Gasteiger partial charge on any atom is 0.294 e. The van der Waals surface area contributed by atoms with Crippen LogP contribution in [0.25, 0.3) is 0 Å². The average molecular weight is 471 g/mol. The van der Waals surface area contributed by atoms with Gasteiger partial charge in [-0.05, 0) is 61.4 Å². The molecule has 0 fully saturated rings. The van der Waals surface area contributed by atoms with E-state index in [1.165, 1.54) is 0 Å². The van der Waals surface area contributed by atoms with Gasteiger partial charge in [-0.3, -0.25) is 4.79 Å². The Morgan fingerprint density at radius 1 is 0.879 bits per heavy atom. The number of aryl methyl sites for hydroxylation is 2. The third-order valence-corrected chi connectivity index (χ3v) is 7.71. The summed E-state index contributed by atoms with van der Waals surface area (Å²) in [5.41, 5.74) is 3.32. The van der Waals surface area contributed by atoms with Crippen molar-refractivity contribution in [1.82, 2.24) is 9.55 Å². The molecule has 0 aliphatic rings. The Labute approximate surface area is 201 Å². The van der Waals surface area contributed by atoms with Gasteiger partial charge < -0.3 is 9.88 Å². The van der Waals surface area contributed by atoms with E-state index < -0.39 is 0 Å². The largest absolute Gasteiger partial charge is 0.336 e.